The number of pyridine rings is 1. The molecule has 1 aliphatic rings. The van der Waals surface area contributed by atoms with Gasteiger partial charge in [0.15, 0.2) is 0 Å². The molecule has 0 saturated carbocycles. The van der Waals surface area contributed by atoms with Crippen molar-refractivity contribution in [2.45, 2.75) is 25.8 Å². The van der Waals surface area contributed by atoms with Gasteiger partial charge in [0.2, 0.25) is 5.88 Å². The molecule has 1 atom stereocenters. The third-order valence-corrected chi connectivity index (χ3v) is 3.91. The minimum Gasteiger partial charge on any atom is -0.478 e. The first-order valence-corrected chi connectivity index (χ1v) is 7.97. The van der Waals surface area contributed by atoms with Crippen molar-refractivity contribution in [2.24, 2.45) is 0 Å². The van der Waals surface area contributed by atoms with Crippen molar-refractivity contribution in [3.05, 3.63) is 53.7 Å². The van der Waals surface area contributed by atoms with Gasteiger partial charge in [-0.1, -0.05) is 12.1 Å². The molecule has 1 aromatic heterocycles. The molecule has 1 amide bonds. The maximum Gasteiger partial charge on any atom is 0.257 e. The molecule has 5 nitrogen and oxygen atoms in total. The van der Waals surface area contributed by atoms with Gasteiger partial charge in [-0.2, -0.15) is 0 Å². The average Bonchev–Trinajstić information content (AvgIpc) is 2.53. The Morgan fingerprint density at radius 1 is 1.30 bits per heavy atom. The molecule has 1 fully saturated rings. The summed E-state index contributed by atoms with van der Waals surface area (Å²) in [7, 11) is 0. The molecule has 0 unspecified atom stereocenters. The number of nitrogens with one attached hydrogen (secondary N) is 2. The maximum atomic E-state index is 12.2. The van der Waals surface area contributed by atoms with Gasteiger partial charge in [0, 0.05) is 24.0 Å². The first kappa shape index (κ1) is 15.5. The lowest BCUT2D eigenvalue weighted by Crippen LogP contribution is -2.44. The molecule has 0 spiro atoms. The van der Waals surface area contributed by atoms with Crippen molar-refractivity contribution in [1.82, 2.24) is 10.3 Å². The Morgan fingerprint density at radius 3 is 2.65 bits per heavy atom. The molecular formula is C18H21N3O2. The van der Waals surface area contributed by atoms with E-state index >= 15 is 0 Å². The van der Waals surface area contributed by atoms with Crippen LogP contribution in [0.1, 0.15) is 29.3 Å². The summed E-state index contributed by atoms with van der Waals surface area (Å²) in [5, 5.41) is 6.27. The van der Waals surface area contributed by atoms with Crippen LogP contribution >= 0.6 is 0 Å². The van der Waals surface area contributed by atoms with Crippen LogP contribution in [0, 0.1) is 0 Å². The van der Waals surface area contributed by atoms with Crippen molar-refractivity contribution in [2.75, 3.05) is 18.5 Å². The van der Waals surface area contributed by atoms with E-state index < -0.39 is 0 Å². The molecule has 1 aliphatic heterocycles. The summed E-state index contributed by atoms with van der Waals surface area (Å²) in [4.78, 5) is 16.3. The molecule has 23 heavy (non-hydrogen) atoms. The predicted octanol–water partition coefficient (Wildman–Crippen LogP) is 2.64. The van der Waals surface area contributed by atoms with Crippen LogP contribution in [-0.4, -0.2) is 30.1 Å². The minimum absolute atomic E-state index is 0.172. The van der Waals surface area contributed by atoms with E-state index in [4.69, 9.17) is 4.74 Å². The third kappa shape index (κ3) is 4.07. The van der Waals surface area contributed by atoms with Gasteiger partial charge in [0.05, 0.1) is 12.2 Å². The van der Waals surface area contributed by atoms with Crippen LogP contribution in [0.4, 0.5) is 5.69 Å². The number of carbonyl (C=O) groups excluding carboxylic acids is 1. The molecule has 5 heteroatoms. The number of nitrogens with zero attached hydrogens (tertiary/aromatic N) is 1. The first-order chi connectivity index (χ1) is 11.2. The quantitative estimate of drug-likeness (QED) is 0.861. The number of amides is 1. The number of rotatable bonds is 6. The Balaban J connectivity index is 1.58. The van der Waals surface area contributed by atoms with E-state index in [2.05, 4.69) is 27.8 Å². The fraction of sp³-hybridized carbons (Fsp3) is 0.333. The van der Waals surface area contributed by atoms with Gasteiger partial charge < -0.3 is 15.4 Å². The number of hydrogen-bond acceptors (Lipinski definition) is 4. The highest BCUT2D eigenvalue weighted by molar-refractivity contribution is 6.04. The lowest BCUT2D eigenvalue weighted by Gasteiger charge is -2.27. The van der Waals surface area contributed by atoms with Crippen LogP contribution in [-0.2, 0) is 6.42 Å². The summed E-state index contributed by atoms with van der Waals surface area (Å²) < 4.78 is 5.27. The Bertz CT molecular complexity index is 649. The predicted molar refractivity (Wildman–Crippen MR) is 89.9 cm³/mol. The highest BCUT2D eigenvalue weighted by Crippen LogP contribution is 2.16. The normalized spacial score (nSPS) is 16.5. The number of hydrogen-bond donors (Lipinski definition) is 2. The van der Waals surface area contributed by atoms with Crippen molar-refractivity contribution in [3.63, 3.8) is 0 Å². The monoisotopic (exact) mass is 311 g/mol. The van der Waals surface area contributed by atoms with Crippen LogP contribution in [0.2, 0.25) is 0 Å². The van der Waals surface area contributed by atoms with E-state index in [1.165, 1.54) is 18.2 Å². The number of benzene rings is 1. The average molecular weight is 311 g/mol. The fourth-order valence-corrected chi connectivity index (χ4v) is 2.48. The van der Waals surface area contributed by atoms with Crippen LogP contribution in [0.5, 0.6) is 5.88 Å². The van der Waals surface area contributed by atoms with Gasteiger partial charge in [-0.05, 0) is 50.1 Å². The van der Waals surface area contributed by atoms with Crippen molar-refractivity contribution in [3.8, 4) is 5.88 Å². The van der Waals surface area contributed by atoms with Gasteiger partial charge in [-0.15, -0.1) is 0 Å². The molecule has 0 aliphatic carbocycles. The number of aromatic nitrogens is 1. The largest absolute Gasteiger partial charge is 0.478 e. The molecule has 1 saturated heterocycles. The molecule has 0 radical (unpaired) electrons. The number of ether oxygens (including phenoxy) is 1. The van der Waals surface area contributed by atoms with E-state index in [9.17, 15) is 4.79 Å². The zero-order valence-corrected chi connectivity index (χ0v) is 13.2. The Kier molecular flexibility index (Phi) is 4.88. The molecule has 120 valence electrons. The highest BCUT2D eigenvalue weighted by Gasteiger charge is 2.16. The van der Waals surface area contributed by atoms with Crippen LogP contribution < -0.4 is 15.4 Å². The van der Waals surface area contributed by atoms with Gasteiger partial charge in [-0.25, -0.2) is 4.98 Å². The molecule has 0 bridgehead atoms. The standard InChI is InChI=1S/C18H21N3O2/c1-2-23-17-8-5-14(12-20-17)18(22)21-15-6-3-13(4-7-15)11-16-9-10-19-16/h3-8,12,16,19H,2,9-11H2,1H3,(H,21,22)/t16-/m0/s1. The highest BCUT2D eigenvalue weighted by atomic mass is 16.5. The number of anilines is 1. The Hall–Kier alpha value is -2.40. The summed E-state index contributed by atoms with van der Waals surface area (Å²) in [5.41, 5.74) is 2.58. The van der Waals surface area contributed by atoms with Crippen molar-refractivity contribution >= 4 is 11.6 Å². The van der Waals surface area contributed by atoms with Crippen LogP contribution in [0.15, 0.2) is 42.6 Å². The van der Waals surface area contributed by atoms with E-state index in [0.717, 1.165) is 18.7 Å². The lowest BCUT2D eigenvalue weighted by atomic mass is 9.98. The summed E-state index contributed by atoms with van der Waals surface area (Å²) in [6.07, 6.45) is 3.80. The van der Waals surface area contributed by atoms with E-state index in [0.29, 0.717) is 24.1 Å². The van der Waals surface area contributed by atoms with Crippen LogP contribution in [0.3, 0.4) is 0 Å². The van der Waals surface area contributed by atoms with E-state index in [1.807, 2.05) is 19.1 Å². The van der Waals surface area contributed by atoms with Gasteiger partial charge in [0.1, 0.15) is 0 Å². The fourth-order valence-electron chi connectivity index (χ4n) is 2.48. The van der Waals surface area contributed by atoms with Crippen molar-refractivity contribution < 1.29 is 9.53 Å². The van der Waals surface area contributed by atoms with E-state index in [-0.39, 0.29) is 5.91 Å². The Morgan fingerprint density at radius 2 is 2.09 bits per heavy atom. The summed E-state index contributed by atoms with van der Waals surface area (Å²) >= 11 is 0. The van der Waals surface area contributed by atoms with E-state index in [1.54, 1.807) is 12.1 Å². The summed E-state index contributed by atoms with van der Waals surface area (Å²) in [5.74, 6) is 0.354. The van der Waals surface area contributed by atoms with Gasteiger partial charge in [-0.3, -0.25) is 4.79 Å². The summed E-state index contributed by atoms with van der Waals surface area (Å²) in [6.45, 7) is 3.57. The SMILES string of the molecule is CCOc1ccc(C(=O)Nc2ccc(C[C@@H]3CCN3)cc2)cn1. The zero-order chi connectivity index (χ0) is 16.1. The summed E-state index contributed by atoms with van der Waals surface area (Å²) in [6, 6.07) is 12.0. The molecular weight excluding hydrogens is 290 g/mol. The second kappa shape index (κ2) is 7.24. The molecule has 1 aromatic carbocycles. The molecule has 3 rings (SSSR count). The van der Waals surface area contributed by atoms with Gasteiger partial charge in [0.25, 0.3) is 5.91 Å². The second-order valence-corrected chi connectivity index (χ2v) is 5.61. The van der Waals surface area contributed by atoms with Crippen LogP contribution in [0.25, 0.3) is 0 Å². The smallest absolute Gasteiger partial charge is 0.257 e. The number of carbonyl (C=O) groups is 1. The van der Waals surface area contributed by atoms with Crippen molar-refractivity contribution in [1.29, 1.82) is 0 Å². The first-order valence-electron chi connectivity index (χ1n) is 7.97. The minimum atomic E-state index is -0.172. The Labute approximate surface area is 136 Å². The molecule has 2 N–H and O–H groups in total. The second-order valence-electron chi connectivity index (χ2n) is 5.61. The molecule has 2 heterocycles. The lowest BCUT2D eigenvalue weighted by molar-refractivity contribution is 0.102. The van der Waals surface area contributed by atoms with Gasteiger partial charge >= 0.3 is 0 Å². The zero-order valence-electron chi connectivity index (χ0n) is 13.2. The molecule has 2 aromatic rings. The topological polar surface area (TPSA) is 63.2 Å². The maximum absolute atomic E-state index is 12.2. The third-order valence-electron chi connectivity index (χ3n) is 3.91.